The number of hydrogen-bond donors (Lipinski definition) is 0. The largest absolute Gasteiger partial charge is 0.256 e. The van der Waals surface area contributed by atoms with Crippen LogP contribution in [-0.4, -0.2) is 15.0 Å². The summed E-state index contributed by atoms with van der Waals surface area (Å²) in [5.41, 5.74) is 23.7. The molecule has 4 atom stereocenters. The quantitative estimate of drug-likeness (QED) is 0.145. The third kappa shape index (κ3) is 7.96. The van der Waals surface area contributed by atoms with Gasteiger partial charge in [-0.25, -0.2) is 0 Å². The van der Waals surface area contributed by atoms with Crippen LogP contribution in [0.5, 0.6) is 0 Å². The number of rotatable bonds is 9. The fraction of sp³-hybridized carbons (Fsp3) is 0.149. The van der Waals surface area contributed by atoms with Crippen molar-refractivity contribution in [2.45, 2.75) is 50.4 Å². The molecule has 2 saturated carbocycles. The number of aromatic nitrogens is 3. The maximum Gasteiger partial charge on any atom is 0.0705 e. The van der Waals surface area contributed by atoms with Gasteiger partial charge in [0.05, 0.1) is 17.1 Å². The normalized spacial score (nSPS) is 17.9. The summed E-state index contributed by atoms with van der Waals surface area (Å²) in [6, 6.07) is 75.2. The van der Waals surface area contributed by atoms with Gasteiger partial charge in [0, 0.05) is 35.3 Å². The van der Waals surface area contributed by atoms with E-state index in [1.165, 1.54) is 88.6 Å². The van der Waals surface area contributed by atoms with Gasteiger partial charge in [-0.05, 0) is 176 Å². The van der Waals surface area contributed by atoms with Gasteiger partial charge in [-0.1, -0.05) is 171 Å². The number of pyridine rings is 3. The van der Waals surface area contributed by atoms with Gasteiger partial charge in [0.1, 0.15) is 0 Å². The maximum absolute atomic E-state index is 5.17. The minimum Gasteiger partial charge on any atom is -0.256 e. The molecule has 0 N–H and O–H groups in total. The highest BCUT2D eigenvalue weighted by molar-refractivity contribution is 5.94. The lowest BCUT2D eigenvalue weighted by molar-refractivity contribution is 0.357. The van der Waals surface area contributed by atoms with Crippen molar-refractivity contribution in [2.75, 3.05) is 0 Å². The van der Waals surface area contributed by atoms with Gasteiger partial charge in [0.15, 0.2) is 0 Å². The number of nitrogens with zero attached hydrogens (tertiary/aromatic N) is 3. The molecule has 3 nitrogen and oxygen atoms in total. The molecule has 4 unspecified atom stereocenters. The molecule has 0 radical (unpaired) electrons. The van der Waals surface area contributed by atoms with E-state index in [-0.39, 0.29) is 0 Å². The lowest BCUT2D eigenvalue weighted by Gasteiger charge is -2.23. The second kappa shape index (κ2) is 18.1. The second-order valence-electron chi connectivity index (χ2n) is 19.8. The van der Waals surface area contributed by atoms with Crippen molar-refractivity contribution in [1.29, 1.82) is 0 Å². The topological polar surface area (TPSA) is 38.7 Å². The highest BCUT2D eigenvalue weighted by atomic mass is 14.7. The molecule has 2 fully saturated rings. The predicted molar refractivity (Wildman–Crippen MR) is 289 cm³/mol. The molecule has 0 spiro atoms. The van der Waals surface area contributed by atoms with Crippen molar-refractivity contribution in [3.63, 3.8) is 0 Å². The first-order valence-electron chi connectivity index (χ1n) is 25.2. The molecule has 13 rings (SSSR count). The van der Waals surface area contributed by atoms with Crippen molar-refractivity contribution >= 4 is 0 Å². The third-order valence-corrected chi connectivity index (χ3v) is 15.9. The zero-order valence-corrected chi connectivity index (χ0v) is 39.3. The molecule has 0 saturated heterocycles. The molecule has 70 heavy (non-hydrogen) atoms. The molecule has 10 aromatic rings. The molecular formula is C67H53N3. The average molecular weight is 900 g/mol. The SMILES string of the molecule is c1ccc(-c2ccc(-c3ccccc3-c3cc(-c4ccccc4-c4ccc(-c5ccccn5)cc4)cc(-c4ccccc4-c4ccc(-c5cc6c(cn5)C5CC7CCCC6CC7C5)cc4)c3)cc2)nc1. The summed E-state index contributed by atoms with van der Waals surface area (Å²) in [4.78, 5) is 14.4. The van der Waals surface area contributed by atoms with Crippen LogP contribution < -0.4 is 0 Å². The summed E-state index contributed by atoms with van der Waals surface area (Å²) in [6.45, 7) is 0. The van der Waals surface area contributed by atoms with Crippen molar-refractivity contribution in [3.05, 3.63) is 236 Å². The van der Waals surface area contributed by atoms with Gasteiger partial charge >= 0.3 is 0 Å². The Bertz CT molecular complexity index is 3340. The first kappa shape index (κ1) is 42.1. The average Bonchev–Trinajstić information content (AvgIpc) is 3.68. The van der Waals surface area contributed by atoms with E-state index < -0.39 is 0 Å². The highest BCUT2D eigenvalue weighted by Gasteiger charge is 2.42. The van der Waals surface area contributed by atoms with Crippen LogP contribution >= 0.6 is 0 Å². The Balaban J connectivity index is 0.908. The lowest BCUT2D eigenvalue weighted by Crippen LogP contribution is -2.10. The van der Waals surface area contributed by atoms with E-state index >= 15 is 0 Å². The minimum absolute atomic E-state index is 0.679. The van der Waals surface area contributed by atoms with Gasteiger partial charge < -0.3 is 0 Å². The van der Waals surface area contributed by atoms with E-state index in [9.17, 15) is 0 Å². The standard InChI is InChI=1S/C67H53N3/c1-4-17-60(57(14-1)44-22-28-47(29-23-44)65-20-7-9-34-68-65)53-39-54(61-18-5-2-15-58(61)45-24-30-48(31-25-45)66-21-8-10-35-69-66)41-55(40-53)62-19-6-3-16-59(62)46-26-32-49(33-27-46)67-42-63-51-13-11-12-50-36-56(38-52(50)37-51)64(63)43-70-67/h1-10,14-35,39-43,50-52,56H,11-13,36-38H2. The van der Waals surface area contributed by atoms with E-state index in [0.29, 0.717) is 11.8 Å². The Morgan fingerprint density at radius 2 is 0.671 bits per heavy atom. The molecule has 0 aliphatic heterocycles. The molecule has 3 aromatic heterocycles. The first-order valence-corrected chi connectivity index (χ1v) is 25.2. The summed E-state index contributed by atoms with van der Waals surface area (Å²) in [5, 5.41) is 0. The Morgan fingerprint density at radius 3 is 1.11 bits per heavy atom. The zero-order valence-electron chi connectivity index (χ0n) is 39.3. The summed E-state index contributed by atoms with van der Waals surface area (Å²) >= 11 is 0. The van der Waals surface area contributed by atoms with Crippen molar-refractivity contribution in [3.8, 4) is 101 Å². The van der Waals surface area contributed by atoms with Crippen LogP contribution in [0, 0.1) is 11.8 Å². The fourth-order valence-electron chi connectivity index (χ4n) is 12.4. The van der Waals surface area contributed by atoms with Gasteiger partial charge in [-0.3, -0.25) is 15.0 Å². The maximum atomic E-state index is 5.17. The van der Waals surface area contributed by atoms with E-state index in [4.69, 9.17) is 4.98 Å². The molecule has 0 amide bonds. The molecular weight excluding hydrogens is 847 g/mol. The molecule has 336 valence electrons. The Morgan fingerprint density at radius 1 is 0.286 bits per heavy atom. The molecule has 3 aliphatic carbocycles. The smallest absolute Gasteiger partial charge is 0.0705 e. The molecule has 3 heteroatoms. The lowest BCUT2D eigenvalue weighted by atomic mass is 9.83. The summed E-state index contributed by atoms with van der Waals surface area (Å²) in [6.07, 6.45) is 14.2. The Hall–Kier alpha value is -8.01. The van der Waals surface area contributed by atoms with Crippen molar-refractivity contribution in [2.24, 2.45) is 11.8 Å². The molecule has 3 bridgehead atoms. The van der Waals surface area contributed by atoms with E-state index in [1.807, 2.05) is 36.7 Å². The number of hydrogen-bond acceptors (Lipinski definition) is 3. The van der Waals surface area contributed by atoms with Crippen LogP contribution in [0.1, 0.15) is 61.5 Å². The zero-order chi connectivity index (χ0) is 46.4. The molecule has 7 aromatic carbocycles. The molecule has 3 aliphatic rings. The van der Waals surface area contributed by atoms with Crippen LogP contribution in [0.2, 0.25) is 0 Å². The van der Waals surface area contributed by atoms with Crippen LogP contribution in [0.3, 0.4) is 0 Å². The number of benzene rings is 7. The Labute approximate surface area is 411 Å². The van der Waals surface area contributed by atoms with Crippen molar-refractivity contribution < 1.29 is 0 Å². The van der Waals surface area contributed by atoms with Gasteiger partial charge in [0.2, 0.25) is 0 Å². The minimum atomic E-state index is 0.679. The van der Waals surface area contributed by atoms with E-state index in [1.54, 1.807) is 11.1 Å². The Kier molecular flexibility index (Phi) is 10.9. The van der Waals surface area contributed by atoms with Gasteiger partial charge in [-0.2, -0.15) is 0 Å². The first-order chi connectivity index (χ1) is 34.7. The van der Waals surface area contributed by atoms with Gasteiger partial charge in [0.25, 0.3) is 0 Å². The summed E-state index contributed by atoms with van der Waals surface area (Å²) in [7, 11) is 0. The van der Waals surface area contributed by atoms with E-state index in [2.05, 4.69) is 198 Å². The van der Waals surface area contributed by atoms with Crippen LogP contribution in [0.15, 0.2) is 225 Å². The highest BCUT2D eigenvalue weighted by Crippen LogP contribution is 2.56. The predicted octanol–water partition coefficient (Wildman–Crippen LogP) is 17.7. The number of fused-ring (bicyclic) bond motifs is 5. The van der Waals surface area contributed by atoms with E-state index in [0.717, 1.165) is 62.3 Å². The van der Waals surface area contributed by atoms with Crippen molar-refractivity contribution in [1.82, 2.24) is 15.0 Å². The van der Waals surface area contributed by atoms with Crippen LogP contribution in [0.4, 0.5) is 0 Å². The fourth-order valence-corrected chi connectivity index (χ4v) is 12.4. The van der Waals surface area contributed by atoms with Crippen LogP contribution in [0.25, 0.3) is 101 Å². The summed E-state index contributed by atoms with van der Waals surface area (Å²) in [5.74, 6) is 3.21. The summed E-state index contributed by atoms with van der Waals surface area (Å²) < 4.78 is 0. The second-order valence-corrected chi connectivity index (χ2v) is 19.8. The molecule has 3 heterocycles. The monoisotopic (exact) mass is 899 g/mol. The van der Waals surface area contributed by atoms with Gasteiger partial charge in [-0.15, -0.1) is 0 Å². The third-order valence-electron chi connectivity index (χ3n) is 15.9. The van der Waals surface area contributed by atoms with Crippen LogP contribution in [-0.2, 0) is 0 Å².